The molecule has 0 fully saturated rings. The molecule has 0 spiro atoms. The van der Waals surface area contributed by atoms with Crippen LogP contribution in [0, 0.1) is 0 Å². The van der Waals surface area contributed by atoms with Crippen LogP contribution in [0.1, 0.15) is 10.4 Å². The molecule has 150 valence electrons. The molecule has 3 N–H and O–H groups in total. The lowest BCUT2D eigenvalue weighted by Crippen LogP contribution is -2.03. The van der Waals surface area contributed by atoms with Crippen LogP contribution in [0.2, 0.25) is 0 Å². The summed E-state index contributed by atoms with van der Waals surface area (Å²) in [7, 11) is 1.49. The molecule has 0 aliphatic carbocycles. The highest BCUT2D eigenvalue weighted by molar-refractivity contribution is 5.89. The number of aromatic hydroxyl groups is 2. The number of hydrogen-bond acceptors (Lipinski definition) is 5. The number of imidazole rings is 1. The van der Waals surface area contributed by atoms with Crippen LogP contribution in [0.15, 0.2) is 72.9 Å². The van der Waals surface area contributed by atoms with Gasteiger partial charge in [-0.15, -0.1) is 0 Å². The average Bonchev–Trinajstić information content (AvgIpc) is 3.18. The number of benzene rings is 3. The van der Waals surface area contributed by atoms with E-state index in [0.29, 0.717) is 34.1 Å². The molecule has 1 heterocycles. The van der Waals surface area contributed by atoms with Gasteiger partial charge < -0.3 is 20.1 Å². The number of ether oxygens (including phenoxy) is 1. The normalized spacial score (nSPS) is 10.7. The average molecular weight is 402 g/mol. The maximum absolute atomic E-state index is 11.5. The van der Waals surface area contributed by atoms with Crippen molar-refractivity contribution in [3.05, 3.63) is 78.5 Å². The summed E-state index contributed by atoms with van der Waals surface area (Å²) in [6, 6.07) is 18.0. The summed E-state index contributed by atoms with van der Waals surface area (Å²) < 4.78 is 7.08. The van der Waals surface area contributed by atoms with E-state index < -0.39 is 5.97 Å². The lowest BCUT2D eigenvalue weighted by Gasteiger charge is -2.13. The predicted octanol–water partition coefficient (Wildman–Crippen LogP) is 4.32. The van der Waals surface area contributed by atoms with Crippen LogP contribution in [0.3, 0.4) is 0 Å². The number of carbonyl (C=O) groups is 1. The predicted molar refractivity (Wildman–Crippen MR) is 111 cm³/mol. The second-order valence-electron chi connectivity index (χ2n) is 6.55. The van der Waals surface area contributed by atoms with Gasteiger partial charge in [0.15, 0.2) is 0 Å². The van der Waals surface area contributed by atoms with Crippen molar-refractivity contribution in [3.63, 3.8) is 0 Å². The van der Waals surface area contributed by atoms with E-state index in [4.69, 9.17) is 4.74 Å². The number of aromatic carboxylic acids is 1. The lowest BCUT2D eigenvalue weighted by molar-refractivity contribution is 0.0697. The molecule has 0 bridgehead atoms. The van der Waals surface area contributed by atoms with E-state index in [1.165, 1.54) is 19.2 Å². The quantitative estimate of drug-likeness (QED) is 0.459. The van der Waals surface area contributed by atoms with Gasteiger partial charge in [-0.05, 0) is 42.5 Å². The minimum atomic E-state index is -1.08. The molecule has 7 nitrogen and oxygen atoms in total. The number of carboxylic acids is 1. The minimum Gasteiger partial charge on any atom is -0.507 e. The molecule has 0 unspecified atom stereocenters. The van der Waals surface area contributed by atoms with Gasteiger partial charge in [0.25, 0.3) is 0 Å². The van der Waals surface area contributed by atoms with Gasteiger partial charge in [-0.25, -0.2) is 9.78 Å². The van der Waals surface area contributed by atoms with Gasteiger partial charge in [0, 0.05) is 11.8 Å². The highest BCUT2D eigenvalue weighted by Crippen LogP contribution is 2.37. The van der Waals surface area contributed by atoms with Gasteiger partial charge in [0.1, 0.15) is 23.1 Å². The van der Waals surface area contributed by atoms with E-state index in [-0.39, 0.29) is 17.1 Å². The summed E-state index contributed by atoms with van der Waals surface area (Å²) in [5.41, 5.74) is 1.91. The van der Waals surface area contributed by atoms with Gasteiger partial charge in [0.2, 0.25) is 0 Å². The molecule has 0 saturated heterocycles. The van der Waals surface area contributed by atoms with E-state index in [9.17, 15) is 20.1 Å². The Kier molecular flexibility index (Phi) is 4.85. The van der Waals surface area contributed by atoms with Crippen molar-refractivity contribution in [2.75, 3.05) is 7.11 Å². The van der Waals surface area contributed by atoms with Crippen LogP contribution in [-0.2, 0) is 0 Å². The van der Waals surface area contributed by atoms with Crippen molar-refractivity contribution in [3.8, 4) is 45.6 Å². The third-order valence-corrected chi connectivity index (χ3v) is 4.72. The molecular weight excluding hydrogens is 384 g/mol. The molecule has 0 aliphatic rings. The zero-order valence-electron chi connectivity index (χ0n) is 16.0. The second-order valence-corrected chi connectivity index (χ2v) is 6.55. The Labute approximate surface area is 172 Å². The van der Waals surface area contributed by atoms with E-state index in [1.807, 2.05) is 0 Å². The molecule has 0 amide bonds. The third-order valence-electron chi connectivity index (χ3n) is 4.72. The van der Waals surface area contributed by atoms with Crippen LogP contribution in [-0.4, -0.2) is 37.9 Å². The summed E-state index contributed by atoms with van der Waals surface area (Å²) >= 11 is 0. The fraction of sp³-hybridized carbons (Fsp3) is 0.0435. The Bertz CT molecular complexity index is 1250. The molecule has 0 atom stereocenters. The highest BCUT2D eigenvalue weighted by Gasteiger charge is 2.20. The Morgan fingerprint density at radius 1 is 0.933 bits per heavy atom. The standard InChI is InChI=1S/C23H18N2O5/c1-30-21-11-10-14(23(28)29)12-18(21)25-13-17(15-6-2-4-8-19(15)26)24-22(25)16-7-3-5-9-20(16)27/h2-13,26-27H,1H3,(H,28,29). The van der Waals surface area contributed by atoms with Crippen molar-refractivity contribution < 1.29 is 24.9 Å². The van der Waals surface area contributed by atoms with Gasteiger partial charge >= 0.3 is 5.97 Å². The number of aromatic nitrogens is 2. The highest BCUT2D eigenvalue weighted by atomic mass is 16.5. The summed E-state index contributed by atoms with van der Waals surface area (Å²) in [6.07, 6.45) is 1.67. The number of rotatable bonds is 5. The van der Waals surface area contributed by atoms with Crippen LogP contribution in [0.25, 0.3) is 28.3 Å². The van der Waals surface area contributed by atoms with Crippen molar-refractivity contribution in [2.24, 2.45) is 0 Å². The monoisotopic (exact) mass is 402 g/mol. The first kappa shape index (κ1) is 19.1. The maximum atomic E-state index is 11.5. The summed E-state index contributed by atoms with van der Waals surface area (Å²) in [6.45, 7) is 0. The molecule has 0 saturated carbocycles. The van der Waals surface area contributed by atoms with Crippen LogP contribution >= 0.6 is 0 Å². The number of phenols is 2. The van der Waals surface area contributed by atoms with Gasteiger partial charge in [-0.3, -0.25) is 4.57 Å². The fourth-order valence-corrected chi connectivity index (χ4v) is 3.25. The largest absolute Gasteiger partial charge is 0.507 e. The molecule has 1 aromatic heterocycles. The molecule has 3 aromatic carbocycles. The summed E-state index contributed by atoms with van der Waals surface area (Å²) in [5.74, 6) is -0.215. The number of hydrogen-bond donors (Lipinski definition) is 3. The zero-order chi connectivity index (χ0) is 21.3. The lowest BCUT2D eigenvalue weighted by atomic mass is 10.1. The van der Waals surface area contributed by atoms with Gasteiger partial charge in [-0.1, -0.05) is 24.3 Å². The van der Waals surface area contributed by atoms with Crippen molar-refractivity contribution in [2.45, 2.75) is 0 Å². The van der Waals surface area contributed by atoms with Crippen LogP contribution in [0.4, 0.5) is 0 Å². The Morgan fingerprint density at radius 2 is 1.57 bits per heavy atom. The molecule has 0 aliphatic heterocycles. The first-order valence-electron chi connectivity index (χ1n) is 9.07. The Balaban J connectivity index is 2.02. The van der Waals surface area contributed by atoms with E-state index in [1.54, 1.807) is 65.4 Å². The van der Waals surface area contributed by atoms with Gasteiger partial charge in [-0.2, -0.15) is 0 Å². The maximum Gasteiger partial charge on any atom is 0.335 e. The smallest absolute Gasteiger partial charge is 0.335 e. The first-order valence-corrected chi connectivity index (χ1v) is 9.07. The van der Waals surface area contributed by atoms with Crippen molar-refractivity contribution in [1.29, 1.82) is 0 Å². The summed E-state index contributed by atoms with van der Waals surface area (Å²) in [4.78, 5) is 16.2. The Hall–Kier alpha value is -4.26. The molecule has 7 heteroatoms. The SMILES string of the molecule is COc1ccc(C(=O)O)cc1-n1cc(-c2ccccc2O)nc1-c1ccccc1O. The fourth-order valence-electron chi connectivity index (χ4n) is 3.25. The number of phenolic OH excluding ortho intramolecular Hbond substituents is 2. The van der Waals surface area contributed by atoms with E-state index in [2.05, 4.69) is 4.98 Å². The minimum absolute atomic E-state index is 0.0153. The zero-order valence-corrected chi connectivity index (χ0v) is 16.0. The van der Waals surface area contributed by atoms with Crippen LogP contribution in [0.5, 0.6) is 17.2 Å². The van der Waals surface area contributed by atoms with Crippen LogP contribution < -0.4 is 4.74 Å². The van der Waals surface area contributed by atoms with E-state index in [0.717, 1.165) is 0 Å². The molecule has 4 rings (SSSR count). The number of methoxy groups -OCH3 is 1. The molecule has 4 aromatic rings. The number of nitrogens with zero attached hydrogens (tertiary/aromatic N) is 2. The molecule has 30 heavy (non-hydrogen) atoms. The number of para-hydroxylation sites is 2. The third kappa shape index (κ3) is 3.33. The topological polar surface area (TPSA) is 105 Å². The van der Waals surface area contributed by atoms with E-state index >= 15 is 0 Å². The molecule has 0 radical (unpaired) electrons. The van der Waals surface area contributed by atoms with Gasteiger partial charge in [0.05, 0.1) is 29.6 Å². The Morgan fingerprint density at radius 3 is 2.17 bits per heavy atom. The number of carboxylic acid groups (broad SMARTS) is 1. The van der Waals surface area contributed by atoms with Crippen molar-refractivity contribution >= 4 is 5.97 Å². The summed E-state index contributed by atoms with van der Waals surface area (Å²) in [5, 5.41) is 30.1. The second kappa shape index (κ2) is 7.63. The van der Waals surface area contributed by atoms with Crippen molar-refractivity contribution in [1.82, 2.24) is 9.55 Å². The molecular formula is C23H18N2O5. The first-order chi connectivity index (χ1) is 14.5.